The van der Waals surface area contributed by atoms with Crippen LogP contribution in [-0.4, -0.2) is 43.6 Å². The molecule has 0 amide bonds. The first kappa shape index (κ1) is 17.9. The SMILES string of the molecule is CC(N=C=O)N=C=O.O=C=NCCCCN=C=O. The van der Waals surface area contributed by atoms with Gasteiger partial charge in [0, 0.05) is 0 Å². The fraction of sp³-hybridized carbons (Fsp3) is 0.600. The van der Waals surface area contributed by atoms with Gasteiger partial charge in [0.2, 0.25) is 24.3 Å². The van der Waals surface area contributed by atoms with Gasteiger partial charge in [-0.25, -0.2) is 29.2 Å². The van der Waals surface area contributed by atoms with Gasteiger partial charge in [-0.15, -0.1) is 0 Å². The van der Waals surface area contributed by atoms with Crippen LogP contribution >= 0.6 is 0 Å². The summed E-state index contributed by atoms with van der Waals surface area (Å²) < 4.78 is 0. The number of unbranched alkanes of at least 4 members (excludes halogenated alkanes) is 1. The van der Waals surface area contributed by atoms with Crippen molar-refractivity contribution in [2.75, 3.05) is 13.1 Å². The lowest BCUT2D eigenvalue weighted by molar-refractivity contribution is 0.553. The van der Waals surface area contributed by atoms with E-state index >= 15 is 0 Å². The Morgan fingerprint density at radius 1 is 0.778 bits per heavy atom. The van der Waals surface area contributed by atoms with E-state index in [9.17, 15) is 19.2 Å². The maximum absolute atomic E-state index is 9.52. The molecule has 18 heavy (non-hydrogen) atoms. The quantitative estimate of drug-likeness (QED) is 0.371. The van der Waals surface area contributed by atoms with Crippen molar-refractivity contribution in [2.24, 2.45) is 20.0 Å². The second kappa shape index (κ2) is 16.9. The third kappa shape index (κ3) is 19.1. The van der Waals surface area contributed by atoms with Crippen LogP contribution in [0, 0.1) is 0 Å². The molecule has 0 aromatic carbocycles. The zero-order valence-electron chi connectivity index (χ0n) is 9.83. The molecule has 0 aliphatic heterocycles. The van der Waals surface area contributed by atoms with E-state index in [1.165, 1.54) is 31.2 Å². The summed E-state index contributed by atoms with van der Waals surface area (Å²) in [7, 11) is 0. The zero-order chi connectivity index (χ0) is 14.1. The molecule has 0 radical (unpaired) electrons. The van der Waals surface area contributed by atoms with E-state index in [-0.39, 0.29) is 0 Å². The summed E-state index contributed by atoms with van der Waals surface area (Å²) >= 11 is 0. The van der Waals surface area contributed by atoms with Crippen LogP contribution in [0.4, 0.5) is 0 Å². The standard InChI is InChI=1S/C6H8N2O2.C4H4N2O2/c9-5-7-3-1-2-4-8-6-10;1-4(5-2-7)6-3-8/h1-4H2;4H,1H3. The molecule has 0 aromatic heterocycles. The monoisotopic (exact) mass is 252 g/mol. The average Bonchev–Trinajstić information content (AvgIpc) is 2.35. The molecule has 0 spiro atoms. The molecule has 0 aliphatic carbocycles. The van der Waals surface area contributed by atoms with Crippen molar-refractivity contribution in [3.63, 3.8) is 0 Å². The minimum Gasteiger partial charge on any atom is -0.211 e. The van der Waals surface area contributed by atoms with Gasteiger partial charge in [-0.3, -0.25) is 0 Å². The van der Waals surface area contributed by atoms with Crippen molar-refractivity contribution in [3.8, 4) is 0 Å². The highest BCUT2D eigenvalue weighted by Crippen LogP contribution is 1.88. The van der Waals surface area contributed by atoms with Gasteiger partial charge in [0.05, 0.1) is 13.1 Å². The van der Waals surface area contributed by atoms with E-state index in [2.05, 4.69) is 20.0 Å². The molecule has 8 heteroatoms. The predicted molar refractivity (Wildman–Crippen MR) is 60.9 cm³/mol. The van der Waals surface area contributed by atoms with Gasteiger partial charge >= 0.3 is 0 Å². The van der Waals surface area contributed by atoms with E-state index < -0.39 is 6.17 Å². The maximum Gasteiger partial charge on any atom is 0.237 e. The number of carbonyl (C=O) groups excluding carboxylic acids is 4. The number of isocyanates is 4. The Morgan fingerprint density at radius 2 is 1.17 bits per heavy atom. The van der Waals surface area contributed by atoms with E-state index in [0.29, 0.717) is 13.1 Å². The summed E-state index contributed by atoms with van der Waals surface area (Å²) in [5.74, 6) is 0. The molecular formula is C10H12N4O4. The predicted octanol–water partition coefficient (Wildman–Crippen LogP) is 0.442. The smallest absolute Gasteiger partial charge is 0.211 e. The molecule has 0 bridgehead atoms. The van der Waals surface area contributed by atoms with Crippen molar-refractivity contribution in [1.82, 2.24) is 0 Å². The molecule has 0 unspecified atom stereocenters. The molecular weight excluding hydrogens is 240 g/mol. The minimum absolute atomic E-state index is 0.470. The summed E-state index contributed by atoms with van der Waals surface area (Å²) in [4.78, 5) is 50.7. The lowest BCUT2D eigenvalue weighted by Crippen LogP contribution is -1.88. The highest BCUT2D eigenvalue weighted by Gasteiger charge is 1.88. The van der Waals surface area contributed by atoms with E-state index in [1.54, 1.807) is 0 Å². The van der Waals surface area contributed by atoms with Crippen molar-refractivity contribution in [3.05, 3.63) is 0 Å². The van der Waals surface area contributed by atoms with Crippen molar-refractivity contribution in [2.45, 2.75) is 25.9 Å². The highest BCUT2D eigenvalue weighted by molar-refractivity contribution is 5.36. The molecule has 0 N–H and O–H groups in total. The van der Waals surface area contributed by atoms with Gasteiger partial charge in [-0.05, 0) is 19.8 Å². The lowest BCUT2D eigenvalue weighted by Gasteiger charge is -1.87. The molecule has 0 aromatic rings. The highest BCUT2D eigenvalue weighted by atomic mass is 16.1. The first-order chi connectivity index (χ1) is 8.72. The second-order valence-electron chi connectivity index (χ2n) is 2.73. The van der Waals surface area contributed by atoms with E-state index in [4.69, 9.17) is 0 Å². The van der Waals surface area contributed by atoms with E-state index in [1.807, 2.05) is 0 Å². The molecule has 0 saturated heterocycles. The number of nitrogens with zero attached hydrogens (tertiary/aromatic N) is 4. The van der Waals surface area contributed by atoms with Gasteiger partial charge in [-0.2, -0.15) is 9.98 Å². The number of aliphatic imine (C=N–C) groups is 4. The van der Waals surface area contributed by atoms with Crippen LogP contribution in [0.3, 0.4) is 0 Å². The summed E-state index contributed by atoms with van der Waals surface area (Å²) in [6.07, 6.45) is 6.25. The molecule has 8 nitrogen and oxygen atoms in total. The molecule has 96 valence electrons. The Bertz CT molecular complexity index is 360. The van der Waals surface area contributed by atoms with Gasteiger partial charge in [-0.1, -0.05) is 0 Å². The summed E-state index contributed by atoms with van der Waals surface area (Å²) in [5, 5.41) is 0. The summed E-state index contributed by atoms with van der Waals surface area (Å²) in [6, 6.07) is 0. The molecule has 0 saturated carbocycles. The summed E-state index contributed by atoms with van der Waals surface area (Å²) in [6.45, 7) is 2.42. The molecule has 0 heterocycles. The minimum atomic E-state index is -0.634. The third-order valence-corrected chi connectivity index (χ3v) is 1.40. The topological polar surface area (TPSA) is 118 Å². The lowest BCUT2D eigenvalue weighted by atomic mass is 10.3. The Balaban J connectivity index is 0. The Morgan fingerprint density at radius 3 is 1.44 bits per heavy atom. The van der Waals surface area contributed by atoms with E-state index in [0.717, 1.165) is 12.8 Å². The first-order valence-electron chi connectivity index (χ1n) is 4.94. The van der Waals surface area contributed by atoms with Crippen LogP contribution in [0.15, 0.2) is 20.0 Å². The normalized spacial score (nSPS) is 8.94. The average molecular weight is 252 g/mol. The number of hydrogen-bond acceptors (Lipinski definition) is 8. The number of rotatable bonds is 7. The van der Waals surface area contributed by atoms with Gasteiger partial charge in [0.25, 0.3) is 0 Å². The fourth-order valence-corrected chi connectivity index (χ4v) is 0.654. The number of hydrogen-bond donors (Lipinski definition) is 0. The molecule has 0 fully saturated rings. The molecule has 0 atom stereocenters. The Labute approximate surface area is 103 Å². The van der Waals surface area contributed by atoms with Crippen molar-refractivity contribution >= 4 is 24.3 Å². The summed E-state index contributed by atoms with van der Waals surface area (Å²) in [5.41, 5.74) is 0. The van der Waals surface area contributed by atoms with Gasteiger partial charge < -0.3 is 0 Å². The second-order valence-corrected chi connectivity index (χ2v) is 2.73. The van der Waals surface area contributed by atoms with Crippen molar-refractivity contribution < 1.29 is 19.2 Å². The van der Waals surface area contributed by atoms with Crippen LogP contribution < -0.4 is 0 Å². The third-order valence-electron chi connectivity index (χ3n) is 1.40. The van der Waals surface area contributed by atoms with Crippen LogP contribution in [0.5, 0.6) is 0 Å². The fourth-order valence-electron chi connectivity index (χ4n) is 0.654. The van der Waals surface area contributed by atoms with Crippen molar-refractivity contribution in [1.29, 1.82) is 0 Å². The largest absolute Gasteiger partial charge is 0.237 e. The van der Waals surface area contributed by atoms with Gasteiger partial charge in [0.1, 0.15) is 0 Å². The maximum atomic E-state index is 9.52. The Hall–Kier alpha value is -2.48. The zero-order valence-corrected chi connectivity index (χ0v) is 9.83. The van der Waals surface area contributed by atoms with Crippen LogP contribution in [0.25, 0.3) is 0 Å². The van der Waals surface area contributed by atoms with Crippen LogP contribution in [0.2, 0.25) is 0 Å². The Kier molecular flexibility index (Phi) is 16.8. The van der Waals surface area contributed by atoms with Crippen LogP contribution in [0.1, 0.15) is 19.8 Å². The molecule has 0 rings (SSSR count). The first-order valence-corrected chi connectivity index (χ1v) is 4.94. The van der Waals surface area contributed by atoms with Gasteiger partial charge in [0.15, 0.2) is 6.17 Å². The van der Waals surface area contributed by atoms with Crippen LogP contribution in [-0.2, 0) is 19.2 Å². The molecule has 0 aliphatic rings.